The second-order valence-electron chi connectivity index (χ2n) is 7.88. The van der Waals surface area contributed by atoms with Crippen molar-refractivity contribution in [2.24, 2.45) is 5.41 Å². The quantitative estimate of drug-likeness (QED) is 0.576. The molecule has 1 aliphatic carbocycles. The van der Waals surface area contributed by atoms with Crippen LogP contribution < -0.4 is 0 Å². The number of hydrogen-bond donors (Lipinski definition) is 0. The highest BCUT2D eigenvalue weighted by Crippen LogP contribution is 2.60. The molecule has 4 aliphatic rings. The van der Waals surface area contributed by atoms with Crippen LogP contribution in [0.25, 0.3) is 6.08 Å². The summed E-state index contributed by atoms with van der Waals surface area (Å²) in [4.78, 5) is 11.6. The van der Waals surface area contributed by atoms with Crippen molar-refractivity contribution in [2.45, 2.75) is 57.0 Å². The topological polar surface area (TPSA) is 27.7 Å². The third kappa shape index (κ3) is 2.06. The molecular weight excluding hydrogens is 307 g/mol. The summed E-state index contributed by atoms with van der Waals surface area (Å²) in [7, 11) is 0. The lowest BCUT2D eigenvalue weighted by molar-refractivity contribution is -0.540. The minimum atomic E-state index is -1.10. The van der Waals surface area contributed by atoms with E-state index in [1.165, 1.54) is 6.07 Å². The van der Waals surface area contributed by atoms with E-state index in [0.29, 0.717) is 5.56 Å². The first kappa shape index (κ1) is 16.0. The first-order valence-electron chi connectivity index (χ1n) is 8.53. The van der Waals surface area contributed by atoms with Crippen molar-refractivity contribution in [2.75, 3.05) is 0 Å². The second-order valence-corrected chi connectivity index (χ2v) is 7.88. The van der Waals surface area contributed by atoms with Crippen LogP contribution in [0, 0.1) is 11.2 Å². The number of halogens is 1. The van der Waals surface area contributed by atoms with Crippen LogP contribution in [-0.4, -0.2) is 17.0 Å². The van der Waals surface area contributed by atoms with Gasteiger partial charge in [-0.25, -0.2) is 9.28 Å². The molecule has 5 rings (SSSR count). The van der Waals surface area contributed by atoms with Gasteiger partial charge in [-0.3, -0.25) is 0 Å². The molecule has 1 saturated heterocycles. The summed E-state index contributed by atoms with van der Waals surface area (Å²) in [5, 5.41) is 0. The number of rotatable bonds is 2. The standard InChI is InChI=1S/C20H23FO3/c1-17(2)10-6-11-18(3)20(17)14-13-19(22-18,23-24-20)12-9-15-7-4-5-8-16(15)21/h4-5,7-9,12-14H,6,10-11H2,1-3H3/b12-9+/t18-,19-,20?/m0/s1. The molecule has 4 heteroatoms. The van der Waals surface area contributed by atoms with Crippen LogP contribution in [0.15, 0.2) is 42.5 Å². The van der Waals surface area contributed by atoms with Crippen LogP contribution in [0.4, 0.5) is 4.39 Å². The maximum atomic E-state index is 13.8. The lowest BCUT2D eigenvalue weighted by Crippen LogP contribution is -2.73. The Morgan fingerprint density at radius 1 is 1.04 bits per heavy atom. The van der Waals surface area contributed by atoms with E-state index in [-0.39, 0.29) is 11.2 Å². The summed E-state index contributed by atoms with van der Waals surface area (Å²) < 4.78 is 20.3. The molecule has 1 saturated carbocycles. The van der Waals surface area contributed by atoms with Gasteiger partial charge in [0, 0.05) is 11.0 Å². The zero-order valence-corrected chi connectivity index (χ0v) is 14.3. The fraction of sp³-hybridized carbons (Fsp3) is 0.500. The van der Waals surface area contributed by atoms with Crippen molar-refractivity contribution in [3.63, 3.8) is 0 Å². The van der Waals surface area contributed by atoms with Crippen molar-refractivity contribution in [1.82, 2.24) is 0 Å². The molecule has 0 amide bonds. The normalized spacial score (nSPS) is 40.0. The van der Waals surface area contributed by atoms with Crippen LogP contribution in [0.2, 0.25) is 0 Å². The van der Waals surface area contributed by atoms with Gasteiger partial charge in [0.2, 0.25) is 5.79 Å². The maximum absolute atomic E-state index is 13.8. The summed E-state index contributed by atoms with van der Waals surface area (Å²) in [5.41, 5.74) is -0.658. The van der Waals surface area contributed by atoms with E-state index in [9.17, 15) is 4.39 Å². The average Bonchev–Trinajstić information content (AvgIpc) is 2.54. The van der Waals surface area contributed by atoms with Gasteiger partial charge in [-0.05, 0) is 50.5 Å². The fourth-order valence-electron chi connectivity index (χ4n) is 4.44. The molecule has 0 N–H and O–H groups in total. The second kappa shape index (κ2) is 5.01. The van der Waals surface area contributed by atoms with Gasteiger partial charge in [0.25, 0.3) is 0 Å². The molecule has 128 valence electrons. The minimum absolute atomic E-state index is 0.0850. The molecular formula is C20H23FO3. The highest BCUT2D eigenvalue weighted by Gasteiger charge is 2.68. The number of fused-ring (bicyclic) bond motifs is 1. The summed E-state index contributed by atoms with van der Waals surface area (Å²) in [5.74, 6) is -1.38. The van der Waals surface area contributed by atoms with Crippen molar-refractivity contribution in [3.8, 4) is 0 Å². The van der Waals surface area contributed by atoms with Crippen LogP contribution in [0.5, 0.6) is 0 Å². The average molecular weight is 330 g/mol. The van der Waals surface area contributed by atoms with Crippen molar-refractivity contribution in [3.05, 3.63) is 53.9 Å². The summed E-state index contributed by atoms with van der Waals surface area (Å²) in [6.07, 6.45) is 10.4. The van der Waals surface area contributed by atoms with Gasteiger partial charge < -0.3 is 4.74 Å². The molecule has 1 aromatic carbocycles. The summed E-state index contributed by atoms with van der Waals surface area (Å²) >= 11 is 0. The number of ether oxygens (including phenoxy) is 1. The minimum Gasteiger partial charge on any atom is -0.331 e. The van der Waals surface area contributed by atoms with Crippen molar-refractivity contribution < 1.29 is 18.9 Å². The molecule has 1 spiro atoms. The summed E-state index contributed by atoms with van der Waals surface area (Å²) in [6.45, 7) is 6.47. The predicted octanol–water partition coefficient (Wildman–Crippen LogP) is 4.79. The molecule has 1 unspecified atom stereocenters. The first-order chi connectivity index (χ1) is 11.3. The van der Waals surface area contributed by atoms with E-state index < -0.39 is 17.0 Å². The van der Waals surface area contributed by atoms with Gasteiger partial charge in [0.1, 0.15) is 11.4 Å². The highest BCUT2D eigenvalue weighted by molar-refractivity contribution is 5.52. The third-order valence-electron chi connectivity index (χ3n) is 5.89. The van der Waals surface area contributed by atoms with E-state index in [1.807, 2.05) is 6.08 Å². The molecule has 1 aromatic rings. The largest absolute Gasteiger partial charge is 0.331 e. The van der Waals surface area contributed by atoms with Gasteiger partial charge in [0.15, 0.2) is 5.60 Å². The molecule has 24 heavy (non-hydrogen) atoms. The zero-order valence-electron chi connectivity index (χ0n) is 14.3. The Kier molecular flexibility index (Phi) is 3.34. The van der Waals surface area contributed by atoms with E-state index in [2.05, 4.69) is 26.8 Å². The molecule has 3 nitrogen and oxygen atoms in total. The van der Waals surface area contributed by atoms with E-state index in [4.69, 9.17) is 14.5 Å². The van der Waals surface area contributed by atoms with Gasteiger partial charge >= 0.3 is 0 Å². The fourth-order valence-corrected chi connectivity index (χ4v) is 4.44. The molecule has 2 fully saturated rings. The van der Waals surface area contributed by atoms with Crippen LogP contribution >= 0.6 is 0 Å². The Labute approximate surface area is 142 Å². The van der Waals surface area contributed by atoms with E-state index >= 15 is 0 Å². The number of benzene rings is 1. The van der Waals surface area contributed by atoms with Crippen molar-refractivity contribution in [1.29, 1.82) is 0 Å². The third-order valence-corrected chi connectivity index (χ3v) is 5.89. The summed E-state index contributed by atoms with van der Waals surface area (Å²) in [6, 6.07) is 6.62. The Morgan fingerprint density at radius 3 is 2.54 bits per heavy atom. The first-order valence-corrected chi connectivity index (χ1v) is 8.53. The molecule has 3 heterocycles. The van der Waals surface area contributed by atoms with E-state index in [1.54, 1.807) is 30.4 Å². The van der Waals surface area contributed by atoms with Crippen LogP contribution in [0.1, 0.15) is 45.6 Å². The van der Waals surface area contributed by atoms with Gasteiger partial charge in [-0.2, -0.15) is 4.89 Å². The van der Waals surface area contributed by atoms with Gasteiger partial charge in [0.05, 0.1) is 0 Å². The Morgan fingerprint density at radius 2 is 1.83 bits per heavy atom. The molecule has 0 radical (unpaired) electrons. The highest BCUT2D eigenvalue weighted by atomic mass is 19.1. The molecule has 0 aromatic heterocycles. The SMILES string of the molecule is CC1(C)CCC[C@]2(C)O[C@]3(/C=C/c4ccccc4F)C=CC12OO3. The lowest BCUT2D eigenvalue weighted by Gasteiger charge is -2.64. The van der Waals surface area contributed by atoms with Crippen LogP contribution in [-0.2, 0) is 14.5 Å². The predicted molar refractivity (Wildman–Crippen MR) is 89.3 cm³/mol. The maximum Gasteiger partial charge on any atom is 0.241 e. The van der Waals surface area contributed by atoms with Gasteiger partial charge in [-0.15, -0.1) is 0 Å². The Balaban J connectivity index is 1.71. The van der Waals surface area contributed by atoms with Gasteiger partial charge in [-0.1, -0.05) is 38.1 Å². The molecule has 3 atom stereocenters. The smallest absolute Gasteiger partial charge is 0.241 e. The number of hydrogen-bond acceptors (Lipinski definition) is 3. The van der Waals surface area contributed by atoms with Crippen molar-refractivity contribution >= 4 is 6.08 Å². The van der Waals surface area contributed by atoms with E-state index in [0.717, 1.165) is 19.3 Å². The Hall–Kier alpha value is -1.49. The molecule has 2 bridgehead atoms. The van der Waals surface area contributed by atoms with Crippen LogP contribution in [0.3, 0.4) is 0 Å². The Bertz CT molecular complexity index is 725. The molecule has 3 aliphatic heterocycles. The monoisotopic (exact) mass is 330 g/mol. The zero-order chi connectivity index (χ0) is 17.1. The lowest BCUT2D eigenvalue weighted by atomic mass is 9.57.